The fraction of sp³-hybridized carbons (Fsp3) is 0.500. The number of fused-ring (bicyclic) bond motifs is 1. The molecular weight excluding hydrogens is 379 g/mol. The number of hydrogen-bond acceptors (Lipinski definition) is 4. The monoisotopic (exact) mass is 397 g/mol. The number of ether oxygens (including phenoxy) is 1. The lowest BCUT2D eigenvalue weighted by molar-refractivity contribution is -0.137. The number of aromatic nitrogens is 3. The first-order chi connectivity index (χ1) is 13.2. The van der Waals surface area contributed by atoms with Gasteiger partial charge in [-0.25, -0.2) is 18.8 Å². The molecule has 1 aromatic heterocycles. The van der Waals surface area contributed by atoms with Gasteiger partial charge in [0.2, 0.25) is 0 Å². The van der Waals surface area contributed by atoms with Crippen molar-refractivity contribution in [2.45, 2.75) is 56.5 Å². The van der Waals surface area contributed by atoms with Crippen LogP contribution in [0.4, 0.5) is 18.0 Å². The van der Waals surface area contributed by atoms with Crippen LogP contribution in [0.1, 0.15) is 48.9 Å². The van der Waals surface area contributed by atoms with Crippen molar-refractivity contribution in [2.75, 3.05) is 0 Å². The zero-order valence-corrected chi connectivity index (χ0v) is 14.8. The summed E-state index contributed by atoms with van der Waals surface area (Å²) in [5.41, 5.74) is -0.868. The topological polar surface area (TPSA) is 86.3 Å². The zero-order chi connectivity index (χ0) is 20.1. The normalized spacial score (nSPS) is 20.5. The van der Waals surface area contributed by atoms with E-state index in [1.165, 1.54) is 21.4 Å². The molecule has 0 saturated heterocycles. The molecular formula is C18H18F3N3O4. The van der Waals surface area contributed by atoms with Crippen molar-refractivity contribution in [1.82, 2.24) is 14.3 Å². The Kier molecular flexibility index (Phi) is 4.24. The second-order valence-corrected chi connectivity index (χ2v) is 7.31. The van der Waals surface area contributed by atoms with Gasteiger partial charge in [-0.1, -0.05) is 12.1 Å². The minimum atomic E-state index is -4.39. The standard InChI is InChI=1S/C18H18F3N3O4/c19-18(20,21)12-6-4-11(5-7-12)17(8-9-17)10-23-15(25)24-13(22-23)2-1-3-14(24)28-16(26)27/h4-7,14H,1-3,8-10H2,(H,26,27)/t14-/m0/s1. The van der Waals surface area contributed by atoms with Crippen LogP contribution >= 0.6 is 0 Å². The van der Waals surface area contributed by atoms with E-state index in [2.05, 4.69) is 5.10 Å². The highest BCUT2D eigenvalue weighted by Crippen LogP contribution is 2.49. The van der Waals surface area contributed by atoms with E-state index in [9.17, 15) is 22.8 Å². The van der Waals surface area contributed by atoms with Crippen molar-refractivity contribution < 1.29 is 27.8 Å². The lowest BCUT2D eigenvalue weighted by Crippen LogP contribution is -2.34. The van der Waals surface area contributed by atoms with Gasteiger partial charge in [-0.05, 0) is 37.0 Å². The molecule has 1 saturated carbocycles. The summed E-state index contributed by atoms with van der Waals surface area (Å²) in [6.45, 7) is 0.233. The molecule has 0 bridgehead atoms. The molecule has 10 heteroatoms. The third kappa shape index (κ3) is 3.27. The van der Waals surface area contributed by atoms with Crippen LogP contribution < -0.4 is 5.69 Å². The fourth-order valence-corrected chi connectivity index (χ4v) is 3.81. The van der Waals surface area contributed by atoms with Gasteiger partial charge in [0.05, 0.1) is 12.1 Å². The minimum Gasteiger partial charge on any atom is -0.450 e. The molecule has 0 spiro atoms. The van der Waals surface area contributed by atoms with Gasteiger partial charge in [-0.15, -0.1) is 0 Å². The highest BCUT2D eigenvalue weighted by atomic mass is 19.4. The molecule has 2 aliphatic rings. The van der Waals surface area contributed by atoms with Gasteiger partial charge in [0.1, 0.15) is 5.82 Å². The van der Waals surface area contributed by atoms with Gasteiger partial charge in [0, 0.05) is 18.3 Å². The Balaban J connectivity index is 1.61. The number of aryl methyl sites for hydroxylation is 1. The Morgan fingerprint density at radius 3 is 2.54 bits per heavy atom. The average molecular weight is 397 g/mol. The van der Waals surface area contributed by atoms with Crippen LogP contribution in [-0.4, -0.2) is 25.6 Å². The molecule has 0 amide bonds. The lowest BCUT2D eigenvalue weighted by Gasteiger charge is -2.21. The number of halogens is 3. The Bertz CT molecular complexity index is 958. The van der Waals surface area contributed by atoms with E-state index in [-0.39, 0.29) is 6.54 Å². The summed E-state index contributed by atoms with van der Waals surface area (Å²) in [4.78, 5) is 23.6. The first-order valence-electron chi connectivity index (χ1n) is 8.95. The summed E-state index contributed by atoms with van der Waals surface area (Å²) in [7, 11) is 0. The van der Waals surface area contributed by atoms with E-state index in [4.69, 9.17) is 9.84 Å². The maximum atomic E-state index is 12.8. The van der Waals surface area contributed by atoms with Gasteiger partial charge in [-0.2, -0.15) is 18.3 Å². The predicted molar refractivity (Wildman–Crippen MR) is 89.9 cm³/mol. The second-order valence-electron chi connectivity index (χ2n) is 7.31. The number of rotatable bonds is 4. The highest BCUT2D eigenvalue weighted by molar-refractivity contribution is 5.56. The Morgan fingerprint density at radius 1 is 1.29 bits per heavy atom. The van der Waals surface area contributed by atoms with E-state index < -0.39 is 35.2 Å². The molecule has 4 rings (SSSR count). The first kappa shape index (κ1) is 18.6. The third-order valence-electron chi connectivity index (χ3n) is 5.45. The molecule has 2 heterocycles. The van der Waals surface area contributed by atoms with Crippen molar-refractivity contribution in [2.24, 2.45) is 0 Å². The van der Waals surface area contributed by atoms with E-state index >= 15 is 0 Å². The Hall–Kier alpha value is -2.78. The van der Waals surface area contributed by atoms with Gasteiger partial charge in [-0.3, -0.25) is 0 Å². The van der Waals surface area contributed by atoms with Crippen LogP contribution in [0.5, 0.6) is 0 Å². The molecule has 1 N–H and O–H groups in total. The molecule has 1 aliphatic carbocycles. The summed E-state index contributed by atoms with van der Waals surface area (Å²) in [5.74, 6) is 0.464. The number of carbonyl (C=O) groups is 1. The summed E-state index contributed by atoms with van der Waals surface area (Å²) in [6, 6.07) is 5.00. The molecule has 150 valence electrons. The van der Waals surface area contributed by atoms with Crippen LogP contribution in [0, 0.1) is 0 Å². The molecule has 1 aliphatic heterocycles. The van der Waals surface area contributed by atoms with Gasteiger partial charge in [0.25, 0.3) is 0 Å². The molecule has 28 heavy (non-hydrogen) atoms. The van der Waals surface area contributed by atoms with Crippen molar-refractivity contribution in [3.8, 4) is 0 Å². The highest BCUT2D eigenvalue weighted by Gasteiger charge is 2.46. The number of hydrogen-bond donors (Lipinski definition) is 1. The van der Waals surface area contributed by atoms with Crippen LogP contribution in [0.15, 0.2) is 29.1 Å². The van der Waals surface area contributed by atoms with E-state index in [0.29, 0.717) is 25.1 Å². The first-order valence-corrected chi connectivity index (χ1v) is 8.95. The molecule has 7 nitrogen and oxygen atoms in total. The van der Waals surface area contributed by atoms with E-state index in [1.54, 1.807) is 0 Å². The maximum Gasteiger partial charge on any atom is 0.507 e. The van der Waals surface area contributed by atoms with Crippen molar-refractivity contribution in [3.05, 3.63) is 51.7 Å². The molecule has 1 atom stereocenters. The zero-order valence-electron chi connectivity index (χ0n) is 14.8. The molecule has 2 aromatic rings. The SMILES string of the molecule is O=C(O)O[C@H]1CCCc2nn(CC3(c4ccc(C(F)(F)F)cc4)CC3)c(=O)n21. The van der Waals surface area contributed by atoms with Gasteiger partial charge < -0.3 is 9.84 Å². The van der Waals surface area contributed by atoms with Gasteiger partial charge in [0.15, 0.2) is 6.23 Å². The van der Waals surface area contributed by atoms with Crippen molar-refractivity contribution in [1.29, 1.82) is 0 Å². The quantitative estimate of drug-likeness (QED) is 0.800. The number of benzene rings is 1. The van der Waals surface area contributed by atoms with Crippen molar-refractivity contribution in [3.63, 3.8) is 0 Å². The smallest absolute Gasteiger partial charge is 0.450 e. The summed E-state index contributed by atoms with van der Waals surface area (Å²) in [5, 5.41) is 13.2. The number of alkyl halides is 3. The largest absolute Gasteiger partial charge is 0.507 e. The van der Waals surface area contributed by atoms with E-state index in [1.807, 2.05) is 0 Å². The maximum absolute atomic E-state index is 12.8. The Morgan fingerprint density at radius 2 is 1.96 bits per heavy atom. The summed E-state index contributed by atoms with van der Waals surface area (Å²) < 4.78 is 45.7. The minimum absolute atomic E-state index is 0.233. The van der Waals surface area contributed by atoms with Crippen LogP contribution in [0.3, 0.4) is 0 Å². The van der Waals surface area contributed by atoms with E-state index in [0.717, 1.165) is 30.5 Å². The van der Waals surface area contributed by atoms with Crippen LogP contribution in [0.2, 0.25) is 0 Å². The molecule has 0 radical (unpaired) electrons. The number of nitrogens with zero attached hydrogens (tertiary/aromatic N) is 3. The van der Waals surface area contributed by atoms with Crippen LogP contribution in [0.25, 0.3) is 0 Å². The lowest BCUT2D eigenvalue weighted by atomic mass is 9.95. The number of carboxylic acid groups (broad SMARTS) is 1. The molecule has 1 fully saturated rings. The Labute approximate surface area is 157 Å². The predicted octanol–water partition coefficient (Wildman–Crippen LogP) is 3.32. The summed E-state index contributed by atoms with van der Waals surface area (Å²) in [6.07, 6.45) is -3.69. The van der Waals surface area contributed by atoms with Gasteiger partial charge >= 0.3 is 18.0 Å². The molecule has 0 unspecified atom stereocenters. The molecule has 1 aromatic carbocycles. The summed E-state index contributed by atoms with van der Waals surface area (Å²) >= 11 is 0. The second kappa shape index (κ2) is 6.39. The third-order valence-corrected chi connectivity index (χ3v) is 5.45. The fourth-order valence-electron chi connectivity index (χ4n) is 3.81. The average Bonchev–Trinajstić information content (AvgIpc) is 3.33. The van der Waals surface area contributed by atoms with Crippen molar-refractivity contribution >= 4 is 6.16 Å². The van der Waals surface area contributed by atoms with Crippen LogP contribution in [-0.2, 0) is 29.3 Å².